The van der Waals surface area contributed by atoms with Crippen molar-refractivity contribution in [2.24, 2.45) is 0 Å². The van der Waals surface area contributed by atoms with E-state index in [0.29, 0.717) is 5.69 Å². The van der Waals surface area contributed by atoms with Gasteiger partial charge < -0.3 is 10.0 Å². The van der Waals surface area contributed by atoms with E-state index in [1.807, 2.05) is 19.9 Å². The van der Waals surface area contributed by atoms with Crippen LogP contribution in [-0.4, -0.2) is 43.9 Å². The van der Waals surface area contributed by atoms with Gasteiger partial charge in [-0.3, -0.25) is 14.3 Å². The average Bonchev–Trinajstić information content (AvgIpc) is 2.62. The highest BCUT2D eigenvalue weighted by molar-refractivity contribution is 7.92. The zero-order chi connectivity index (χ0) is 20.2. The predicted octanol–water partition coefficient (Wildman–Crippen LogP) is 2.65. The number of aryl methyl sites for hydroxylation is 2. The molecule has 144 valence electrons. The molecular weight excluding hydrogens is 368 g/mol. The molecule has 0 aliphatic heterocycles. The molecule has 2 aromatic carbocycles. The van der Waals surface area contributed by atoms with Gasteiger partial charge >= 0.3 is 5.97 Å². The predicted molar refractivity (Wildman–Crippen MR) is 102 cm³/mol. The Kier molecular flexibility index (Phi) is 6.22. The molecule has 7 nitrogen and oxygen atoms in total. The minimum absolute atomic E-state index is 0.0328. The van der Waals surface area contributed by atoms with Gasteiger partial charge in [0.25, 0.3) is 15.9 Å². The van der Waals surface area contributed by atoms with Crippen molar-refractivity contribution in [2.75, 3.05) is 18.3 Å². The highest BCUT2D eigenvalue weighted by Gasteiger charge is 2.17. The van der Waals surface area contributed by atoms with Gasteiger partial charge in [-0.15, -0.1) is 0 Å². The molecule has 0 atom stereocenters. The Balaban J connectivity index is 2.14. The van der Waals surface area contributed by atoms with E-state index in [0.717, 1.165) is 11.1 Å². The Bertz CT molecular complexity index is 953. The van der Waals surface area contributed by atoms with Gasteiger partial charge in [0.2, 0.25) is 0 Å². The van der Waals surface area contributed by atoms with Gasteiger partial charge in [0.05, 0.1) is 11.3 Å². The molecule has 0 heterocycles. The molecule has 0 fully saturated rings. The second kappa shape index (κ2) is 8.22. The van der Waals surface area contributed by atoms with Crippen molar-refractivity contribution < 1.29 is 23.1 Å². The van der Waals surface area contributed by atoms with Crippen LogP contribution in [0.2, 0.25) is 0 Å². The Morgan fingerprint density at radius 2 is 1.67 bits per heavy atom. The summed E-state index contributed by atoms with van der Waals surface area (Å²) in [4.78, 5) is 24.2. The van der Waals surface area contributed by atoms with Crippen LogP contribution in [0.15, 0.2) is 47.4 Å². The third kappa shape index (κ3) is 5.30. The summed E-state index contributed by atoms with van der Waals surface area (Å²) in [5.41, 5.74) is 2.79. The van der Waals surface area contributed by atoms with Gasteiger partial charge in [-0.25, -0.2) is 8.42 Å². The number of sulfonamides is 1. The molecule has 0 radical (unpaired) electrons. The topological polar surface area (TPSA) is 104 Å². The van der Waals surface area contributed by atoms with E-state index in [2.05, 4.69) is 4.72 Å². The Morgan fingerprint density at radius 1 is 1.04 bits per heavy atom. The summed E-state index contributed by atoms with van der Waals surface area (Å²) in [5.74, 6) is -1.36. The van der Waals surface area contributed by atoms with Gasteiger partial charge in [-0.2, -0.15) is 0 Å². The molecular formula is C19H22N2O5S. The van der Waals surface area contributed by atoms with Crippen LogP contribution in [0.3, 0.4) is 0 Å². The Morgan fingerprint density at radius 3 is 2.22 bits per heavy atom. The third-order valence-corrected chi connectivity index (χ3v) is 5.58. The van der Waals surface area contributed by atoms with Gasteiger partial charge in [-0.1, -0.05) is 6.07 Å². The van der Waals surface area contributed by atoms with Crippen molar-refractivity contribution in [1.29, 1.82) is 0 Å². The summed E-state index contributed by atoms with van der Waals surface area (Å²) in [6.07, 6.45) is -0.158. The molecule has 2 N–H and O–H groups in total. The summed E-state index contributed by atoms with van der Waals surface area (Å²) < 4.78 is 27.6. The third-order valence-electron chi connectivity index (χ3n) is 4.18. The molecule has 0 saturated carbocycles. The Labute approximate surface area is 158 Å². The second-order valence-electron chi connectivity index (χ2n) is 6.30. The lowest BCUT2D eigenvalue weighted by atomic mass is 10.1. The van der Waals surface area contributed by atoms with E-state index < -0.39 is 16.0 Å². The van der Waals surface area contributed by atoms with Crippen LogP contribution >= 0.6 is 0 Å². The molecule has 27 heavy (non-hydrogen) atoms. The first-order valence-electron chi connectivity index (χ1n) is 8.27. The van der Waals surface area contributed by atoms with E-state index in [9.17, 15) is 18.0 Å². The monoisotopic (exact) mass is 390 g/mol. The fraction of sp³-hybridized carbons (Fsp3) is 0.263. The second-order valence-corrected chi connectivity index (χ2v) is 7.98. The summed E-state index contributed by atoms with van der Waals surface area (Å²) >= 11 is 0. The molecule has 0 aliphatic rings. The molecule has 0 saturated heterocycles. The fourth-order valence-corrected chi connectivity index (χ4v) is 3.43. The largest absolute Gasteiger partial charge is 0.481 e. The van der Waals surface area contributed by atoms with Gasteiger partial charge in [0.15, 0.2) is 0 Å². The Hall–Kier alpha value is -2.87. The van der Waals surface area contributed by atoms with Crippen LogP contribution in [-0.2, 0) is 14.8 Å². The van der Waals surface area contributed by atoms with E-state index in [1.165, 1.54) is 36.2 Å². The molecule has 2 aromatic rings. The van der Waals surface area contributed by atoms with Crippen LogP contribution in [0.25, 0.3) is 0 Å². The minimum atomic E-state index is -3.78. The maximum Gasteiger partial charge on any atom is 0.305 e. The summed E-state index contributed by atoms with van der Waals surface area (Å²) in [7, 11) is -2.28. The number of anilines is 1. The average molecular weight is 390 g/mol. The smallest absolute Gasteiger partial charge is 0.305 e. The number of rotatable bonds is 7. The van der Waals surface area contributed by atoms with Crippen molar-refractivity contribution >= 4 is 27.6 Å². The quantitative estimate of drug-likeness (QED) is 0.756. The highest BCUT2D eigenvalue weighted by Crippen LogP contribution is 2.19. The lowest BCUT2D eigenvalue weighted by molar-refractivity contribution is -0.137. The maximum atomic E-state index is 12.5. The molecule has 0 bridgehead atoms. The number of amides is 1. The molecule has 1 amide bonds. The number of benzene rings is 2. The molecule has 8 heteroatoms. The van der Waals surface area contributed by atoms with Crippen molar-refractivity contribution in [3.05, 3.63) is 59.2 Å². The van der Waals surface area contributed by atoms with E-state index in [-0.39, 0.29) is 29.3 Å². The van der Waals surface area contributed by atoms with Crippen LogP contribution < -0.4 is 4.72 Å². The molecule has 0 aliphatic carbocycles. The normalized spacial score (nSPS) is 11.1. The molecule has 0 spiro atoms. The SMILES string of the molecule is Cc1ccc(NS(=O)(=O)c2ccc(C(=O)N(C)CCC(=O)O)cc2)cc1C. The molecule has 0 aromatic heterocycles. The first-order valence-corrected chi connectivity index (χ1v) is 9.76. The zero-order valence-electron chi connectivity index (χ0n) is 15.4. The van der Waals surface area contributed by atoms with Crippen LogP contribution in [0.4, 0.5) is 5.69 Å². The summed E-state index contributed by atoms with van der Waals surface area (Å²) in [5, 5.41) is 8.68. The van der Waals surface area contributed by atoms with Crippen molar-refractivity contribution in [1.82, 2.24) is 4.90 Å². The van der Waals surface area contributed by atoms with Gasteiger partial charge in [0.1, 0.15) is 0 Å². The van der Waals surface area contributed by atoms with Crippen molar-refractivity contribution in [3.63, 3.8) is 0 Å². The fourth-order valence-electron chi connectivity index (χ4n) is 2.38. The van der Waals surface area contributed by atoms with E-state index in [4.69, 9.17) is 5.11 Å². The number of carbonyl (C=O) groups is 2. The lowest BCUT2D eigenvalue weighted by Crippen LogP contribution is -2.29. The number of carbonyl (C=O) groups excluding carboxylic acids is 1. The van der Waals surface area contributed by atoms with Crippen molar-refractivity contribution in [2.45, 2.75) is 25.2 Å². The van der Waals surface area contributed by atoms with E-state index in [1.54, 1.807) is 12.1 Å². The standard InChI is InChI=1S/C19H22N2O5S/c1-13-4-7-16(12-14(13)2)20-27(25,26)17-8-5-15(6-9-17)19(24)21(3)11-10-18(22)23/h4-9,12,20H,10-11H2,1-3H3,(H,22,23). The maximum absolute atomic E-state index is 12.5. The number of carboxylic acids is 1. The van der Waals surface area contributed by atoms with Gasteiger partial charge in [0, 0.05) is 24.8 Å². The van der Waals surface area contributed by atoms with Crippen LogP contribution in [0.5, 0.6) is 0 Å². The number of carboxylic acid groups (broad SMARTS) is 1. The number of hydrogen-bond acceptors (Lipinski definition) is 4. The first-order chi connectivity index (χ1) is 12.6. The summed E-state index contributed by atoms with van der Waals surface area (Å²) in [6.45, 7) is 3.91. The van der Waals surface area contributed by atoms with Crippen LogP contribution in [0.1, 0.15) is 27.9 Å². The number of nitrogens with zero attached hydrogens (tertiary/aromatic N) is 1. The molecule has 2 rings (SSSR count). The zero-order valence-corrected chi connectivity index (χ0v) is 16.2. The lowest BCUT2D eigenvalue weighted by Gasteiger charge is -2.16. The highest BCUT2D eigenvalue weighted by atomic mass is 32.2. The first kappa shape index (κ1) is 20.4. The molecule has 0 unspecified atom stereocenters. The number of nitrogens with one attached hydrogen (secondary N) is 1. The van der Waals surface area contributed by atoms with Crippen molar-refractivity contribution in [3.8, 4) is 0 Å². The number of aliphatic carboxylic acids is 1. The summed E-state index contributed by atoms with van der Waals surface area (Å²) in [6, 6.07) is 10.8. The van der Waals surface area contributed by atoms with Crippen LogP contribution in [0, 0.1) is 13.8 Å². The van der Waals surface area contributed by atoms with E-state index >= 15 is 0 Å². The number of hydrogen-bond donors (Lipinski definition) is 2. The minimum Gasteiger partial charge on any atom is -0.481 e. The van der Waals surface area contributed by atoms with Gasteiger partial charge in [-0.05, 0) is 61.4 Å².